The SMILES string of the molecule is CN(c1ccccc1CN)c1snc2ccccc12. The number of benzene rings is 2. The summed E-state index contributed by atoms with van der Waals surface area (Å²) in [5.41, 5.74) is 9.14. The van der Waals surface area contributed by atoms with E-state index in [-0.39, 0.29) is 0 Å². The number of anilines is 2. The Morgan fingerprint density at radius 3 is 2.68 bits per heavy atom. The van der Waals surface area contributed by atoms with Crippen LogP contribution in [0.5, 0.6) is 0 Å². The van der Waals surface area contributed by atoms with Crippen molar-refractivity contribution in [3.05, 3.63) is 54.1 Å². The minimum atomic E-state index is 0.539. The molecular formula is C15H15N3S. The summed E-state index contributed by atoms with van der Waals surface area (Å²) in [6.07, 6.45) is 0. The van der Waals surface area contributed by atoms with Gasteiger partial charge >= 0.3 is 0 Å². The maximum absolute atomic E-state index is 5.82. The van der Waals surface area contributed by atoms with Gasteiger partial charge in [-0.05, 0) is 35.3 Å². The van der Waals surface area contributed by atoms with Crippen LogP contribution in [0.25, 0.3) is 10.9 Å². The van der Waals surface area contributed by atoms with E-state index in [4.69, 9.17) is 5.73 Å². The second-order valence-electron chi connectivity index (χ2n) is 4.40. The molecule has 3 nitrogen and oxygen atoms in total. The van der Waals surface area contributed by atoms with E-state index in [1.54, 1.807) is 0 Å². The van der Waals surface area contributed by atoms with Crippen molar-refractivity contribution < 1.29 is 0 Å². The quantitative estimate of drug-likeness (QED) is 0.791. The fraction of sp³-hybridized carbons (Fsp3) is 0.133. The average molecular weight is 269 g/mol. The van der Waals surface area contributed by atoms with Gasteiger partial charge in [0.2, 0.25) is 0 Å². The normalized spacial score (nSPS) is 10.8. The Hall–Kier alpha value is -1.91. The van der Waals surface area contributed by atoms with E-state index in [9.17, 15) is 0 Å². The van der Waals surface area contributed by atoms with Gasteiger partial charge in [-0.25, -0.2) is 0 Å². The topological polar surface area (TPSA) is 42.1 Å². The third-order valence-electron chi connectivity index (χ3n) is 3.24. The van der Waals surface area contributed by atoms with Crippen molar-refractivity contribution in [3.8, 4) is 0 Å². The van der Waals surface area contributed by atoms with E-state index < -0.39 is 0 Å². The van der Waals surface area contributed by atoms with Crippen LogP contribution in [0, 0.1) is 0 Å². The molecule has 0 bridgehead atoms. The van der Waals surface area contributed by atoms with Crippen LogP contribution in [0.15, 0.2) is 48.5 Å². The average Bonchev–Trinajstić information content (AvgIpc) is 2.90. The van der Waals surface area contributed by atoms with E-state index in [2.05, 4.69) is 34.5 Å². The van der Waals surface area contributed by atoms with Gasteiger partial charge in [-0.1, -0.05) is 30.3 Å². The van der Waals surface area contributed by atoms with Gasteiger partial charge in [0.15, 0.2) is 0 Å². The largest absolute Gasteiger partial charge is 0.334 e. The third-order valence-corrected chi connectivity index (χ3v) is 4.20. The molecular weight excluding hydrogens is 254 g/mol. The molecule has 3 aromatic rings. The van der Waals surface area contributed by atoms with Crippen molar-refractivity contribution in [1.82, 2.24) is 4.37 Å². The first kappa shape index (κ1) is 12.1. The zero-order chi connectivity index (χ0) is 13.2. The van der Waals surface area contributed by atoms with Gasteiger partial charge in [-0.2, -0.15) is 4.37 Å². The molecule has 1 aromatic heterocycles. The highest BCUT2D eigenvalue weighted by atomic mass is 32.1. The van der Waals surface area contributed by atoms with Crippen LogP contribution in [0.3, 0.4) is 0 Å². The highest BCUT2D eigenvalue weighted by Crippen LogP contribution is 2.35. The smallest absolute Gasteiger partial charge is 0.124 e. The number of aromatic nitrogens is 1. The Labute approximate surface area is 116 Å². The van der Waals surface area contributed by atoms with Crippen LogP contribution < -0.4 is 10.6 Å². The van der Waals surface area contributed by atoms with Crippen molar-refractivity contribution in [3.63, 3.8) is 0 Å². The van der Waals surface area contributed by atoms with Crippen molar-refractivity contribution in [2.75, 3.05) is 11.9 Å². The van der Waals surface area contributed by atoms with Gasteiger partial charge in [0.1, 0.15) is 5.00 Å². The second kappa shape index (κ2) is 4.99. The summed E-state index contributed by atoms with van der Waals surface area (Å²) < 4.78 is 4.49. The number of hydrogen-bond acceptors (Lipinski definition) is 4. The molecule has 0 aliphatic rings. The first-order valence-electron chi connectivity index (χ1n) is 6.17. The van der Waals surface area contributed by atoms with E-state index in [1.807, 2.05) is 30.3 Å². The van der Waals surface area contributed by atoms with Crippen molar-refractivity contribution in [1.29, 1.82) is 0 Å². The lowest BCUT2D eigenvalue weighted by molar-refractivity contribution is 1.05. The van der Waals surface area contributed by atoms with Crippen LogP contribution in [0.4, 0.5) is 10.7 Å². The van der Waals surface area contributed by atoms with E-state index >= 15 is 0 Å². The molecule has 0 saturated heterocycles. The third kappa shape index (κ3) is 2.09. The zero-order valence-corrected chi connectivity index (χ0v) is 11.5. The van der Waals surface area contributed by atoms with E-state index in [1.165, 1.54) is 16.9 Å². The number of fused-ring (bicyclic) bond motifs is 1. The molecule has 4 heteroatoms. The van der Waals surface area contributed by atoms with Crippen LogP contribution in [0.2, 0.25) is 0 Å². The lowest BCUT2D eigenvalue weighted by atomic mass is 10.1. The molecule has 0 saturated carbocycles. The Balaban J connectivity index is 2.11. The number of para-hydroxylation sites is 1. The standard InChI is InChI=1S/C15H15N3S/c1-18(14-9-5-2-6-11(14)10-16)15-12-7-3-4-8-13(12)17-19-15/h2-9H,10,16H2,1H3. The molecule has 0 atom stereocenters. The minimum Gasteiger partial charge on any atom is -0.334 e. The Bertz CT molecular complexity index is 705. The van der Waals surface area contributed by atoms with Crippen LogP contribution >= 0.6 is 11.5 Å². The monoisotopic (exact) mass is 269 g/mol. The predicted molar refractivity (Wildman–Crippen MR) is 82.0 cm³/mol. The van der Waals surface area contributed by atoms with Crippen molar-refractivity contribution >= 4 is 33.1 Å². The maximum Gasteiger partial charge on any atom is 0.124 e. The number of hydrogen-bond donors (Lipinski definition) is 1. The molecule has 19 heavy (non-hydrogen) atoms. The van der Waals surface area contributed by atoms with E-state index in [0.717, 1.165) is 21.8 Å². The Kier molecular flexibility index (Phi) is 3.19. The molecule has 0 amide bonds. The number of nitrogens with zero attached hydrogens (tertiary/aromatic N) is 2. The highest BCUT2D eigenvalue weighted by Gasteiger charge is 2.13. The van der Waals surface area contributed by atoms with Crippen LogP contribution in [-0.2, 0) is 6.54 Å². The van der Waals surface area contributed by atoms with Crippen molar-refractivity contribution in [2.45, 2.75) is 6.54 Å². The molecule has 0 unspecified atom stereocenters. The highest BCUT2D eigenvalue weighted by molar-refractivity contribution is 7.12. The Morgan fingerprint density at radius 1 is 1.11 bits per heavy atom. The van der Waals surface area contributed by atoms with Crippen LogP contribution in [0.1, 0.15) is 5.56 Å². The molecule has 96 valence electrons. The first-order chi connectivity index (χ1) is 9.31. The van der Waals surface area contributed by atoms with Gasteiger partial charge in [-0.15, -0.1) is 0 Å². The zero-order valence-electron chi connectivity index (χ0n) is 10.7. The summed E-state index contributed by atoms with van der Waals surface area (Å²) >= 11 is 1.52. The molecule has 3 rings (SSSR count). The fourth-order valence-electron chi connectivity index (χ4n) is 2.24. The van der Waals surface area contributed by atoms with Gasteiger partial charge in [0, 0.05) is 24.7 Å². The first-order valence-corrected chi connectivity index (χ1v) is 6.94. The summed E-state index contributed by atoms with van der Waals surface area (Å²) in [6.45, 7) is 0.539. The molecule has 2 N–H and O–H groups in total. The van der Waals surface area contributed by atoms with Gasteiger partial charge in [0.25, 0.3) is 0 Å². The molecule has 0 spiro atoms. The second-order valence-corrected chi connectivity index (χ2v) is 5.15. The summed E-state index contributed by atoms with van der Waals surface area (Å²) in [5, 5.41) is 2.33. The number of rotatable bonds is 3. The molecule has 0 aliphatic carbocycles. The summed E-state index contributed by atoms with van der Waals surface area (Å²) in [6, 6.07) is 16.4. The molecule has 2 aromatic carbocycles. The molecule has 0 aliphatic heterocycles. The van der Waals surface area contributed by atoms with E-state index in [0.29, 0.717) is 6.54 Å². The van der Waals surface area contributed by atoms with Crippen LogP contribution in [-0.4, -0.2) is 11.4 Å². The Morgan fingerprint density at radius 2 is 1.84 bits per heavy atom. The summed E-state index contributed by atoms with van der Waals surface area (Å²) in [7, 11) is 2.06. The number of nitrogens with two attached hydrogens (primary N) is 1. The lowest BCUT2D eigenvalue weighted by Gasteiger charge is -2.20. The fourth-order valence-corrected chi connectivity index (χ4v) is 3.07. The van der Waals surface area contributed by atoms with Crippen molar-refractivity contribution in [2.24, 2.45) is 5.73 Å². The van der Waals surface area contributed by atoms with Gasteiger partial charge in [0.05, 0.1) is 5.52 Å². The maximum atomic E-state index is 5.82. The molecule has 1 heterocycles. The minimum absolute atomic E-state index is 0.539. The lowest BCUT2D eigenvalue weighted by Crippen LogP contribution is -2.12. The molecule has 0 fully saturated rings. The molecule has 0 radical (unpaired) electrons. The van der Waals surface area contributed by atoms with Gasteiger partial charge < -0.3 is 10.6 Å². The summed E-state index contributed by atoms with van der Waals surface area (Å²) in [5.74, 6) is 0. The summed E-state index contributed by atoms with van der Waals surface area (Å²) in [4.78, 5) is 2.17. The van der Waals surface area contributed by atoms with Gasteiger partial charge in [-0.3, -0.25) is 0 Å². The predicted octanol–water partition coefficient (Wildman–Crippen LogP) is 3.52.